The average Bonchev–Trinajstić information content (AvgIpc) is 2.67. The third kappa shape index (κ3) is 6.25. The number of hydrogen-bond acceptors (Lipinski definition) is 1. The van der Waals surface area contributed by atoms with E-state index in [1.54, 1.807) is 0 Å². The standard InChI is InChI=1S/C22H28N2.Ni/c1-3-5-17-21(23-19-13-9-7-10-14-19)22(18-6-4-2)24-20-15-11-8-12-16-20;/h7-16H,3-6,17-18H2,1-2H3;/q;+1. The van der Waals surface area contributed by atoms with E-state index >= 15 is 0 Å². The van der Waals surface area contributed by atoms with Crippen LogP contribution in [-0.4, -0.2) is 15.1 Å². The summed E-state index contributed by atoms with van der Waals surface area (Å²) in [5.41, 5.74) is 4.39. The van der Waals surface area contributed by atoms with Crippen LogP contribution in [0.2, 0.25) is 0 Å². The summed E-state index contributed by atoms with van der Waals surface area (Å²) in [7, 11) is 0. The molecule has 2 aromatic carbocycles. The summed E-state index contributed by atoms with van der Waals surface area (Å²) in [5.74, 6) is 0. The summed E-state index contributed by atoms with van der Waals surface area (Å²) in [5, 5.41) is 0. The second kappa shape index (κ2) is 11.0. The molecule has 0 atom stereocenters. The Morgan fingerprint density at radius 2 is 1.40 bits per heavy atom. The Bertz CT molecular complexity index is 690. The molecule has 0 unspecified atom stereocenters. The summed E-state index contributed by atoms with van der Waals surface area (Å²) in [6, 6.07) is 20.5. The van der Waals surface area contributed by atoms with Crippen LogP contribution in [0.3, 0.4) is 0 Å². The molecule has 2 rings (SSSR count). The molecule has 3 heteroatoms. The fourth-order valence-electron chi connectivity index (χ4n) is 2.66. The van der Waals surface area contributed by atoms with Gasteiger partial charge in [0.1, 0.15) is 0 Å². The van der Waals surface area contributed by atoms with E-state index in [0.717, 1.165) is 55.6 Å². The van der Waals surface area contributed by atoms with E-state index in [1.807, 2.05) is 40.1 Å². The maximum atomic E-state index is 5.43. The van der Waals surface area contributed by atoms with Gasteiger partial charge in [-0.1, -0.05) is 0 Å². The number of unbranched alkanes of at least 4 members (excludes halogenated alkanes) is 2. The minimum absolute atomic E-state index is 0.969. The third-order valence-electron chi connectivity index (χ3n) is 4.07. The van der Waals surface area contributed by atoms with Gasteiger partial charge >= 0.3 is 160 Å². The van der Waals surface area contributed by atoms with Crippen LogP contribution >= 0.6 is 0 Å². The van der Waals surface area contributed by atoms with Gasteiger partial charge in [0, 0.05) is 0 Å². The zero-order valence-corrected chi connectivity index (χ0v) is 16.2. The molecule has 2 aromatic rings. The molecule has 0 aliphatic carbocycles. The molecule has 0 amide bonds. The first kappa shape index (κ1) is 19.6. The molecule has 0 heterocycles. The first-order valence-electron chi connectivity index (χ1n) is 9.23. The molecule has 0 spiro atoms. The van der Waals surface area contributed by atoms with Crippen molar-refractivity contribution in [2.75, 3.05) is 0 Å². The topological polar surface area (TPSA) is 15.4 Å². The van der Waals surface area contributed by atoms with E-state index in [4.69, 9.17) is 20.7 Å². The summed E-state index contributed by atoms with van der Waals surface area (Å²) in [4.78, 5) is 4.97. The zero-order chi connectivity index (χ0) is 17.9. The Labute approximate surface area is 160 Å². The molecule has 0 N–H and O–H groups in total. The van der Waals surface area contributed by atoms with Crippen molar-refractivity contribution >= 4 is 22.8 Å². The van der Waals surface area contributed by atoms with Gasteiger partial charge in [0.25, 0.3) is 0 Å². The van der Waals surface area contributed by atoms with Crippen molar-refractivity contribution in [3.8, 4) is 0 Å². The molecule has 0 fully saturated rings. The van der Waals surface area contributed by atoms with Gasteiger partial charge in [0.2, 0.25) is 0 Å². The summed E-state index contributed by atoms with van der Waals surface area (Å²) in [6.07, 6.45) is 6.50. The molecule has 25 heavy (non-hydrogen) atoms. The number of aliphatic imine (C=N–C) groups is 1. The van der Waals surface area contributed by atoms with Gasteiger partial charge in [-0.15, -0.1) is 0 Å². The van der Waals surface area contributed by atoms with Crippen LogP contribution in [-0.2, 0) is 15.7 Å². The molecule has 0 saturated heterocycles. The van der Waals surface area contributed by atoms with Crippen LogP contribution in [0, 0.1) is 0 Å². The number of para-hydroxylation sites is 2. The van der Waals surface area contributed by atoms with Crippen molar-refractivity contribution in [1.82, 2.24) is 0 Å². The van der Waals surface area contributed by atoms with Crippen LogP contribution < -0.4 is 0 Å². The van der Waals surface area contributed by atoms with E-state index in [2.05, 4.69) is 38.1 Å². The fraction of sp³-hybridized carbons (Fsp3) is 0.364. The van der Waals surface area contributed by atoms with Crippen LogP contribution in [0.25, 0.3) is 0 Å². The van der Waals surface area contributed by atoms with Gasteiger partial charge in [-0.25, -0.2) is 0 Å². The van der Waals surface area contributed by atoms with Crippen molar-refractivity contribution in [2.45, 2.75) is 52.4 Å². The van der Waals surface area contributed by atoms with Gasteiger partial charge in [-0.05, 0) is 0 Å². The van der Waals surface area contributed by atoms with Crippen LogP contribution in [0.4, 0.5) is 11.4 Å². The van der Waals surface area contributed by atoms with Crippen molar-refractivity contribution < 1.29 is 19.3 Å². The van der Waals surface area contributed by atoms with E-state index in [9.17, 15) is 0 Å². The molecule has 135 valence electrons. The molecular formula is C22H28N2Ni+. The van der Waals surface area contributed by atoms with Crippen LogP contribution in [0.5, 0.6) is 0 Å². The van der Waals surface area contributed by atoms with E-state index in [-0.39, 0.29) is 0 Å². The Hall–Kier alpha value is -1.73. The average molecular weight is 379 g/mol. The van der Waals surface area contributed by atoms with Gasteiger partial charge in [-0.3, -0.25) is 0 Å². The second-order valence-corrected chi connectivity index (χ2v) is 6.58. The van der Waals surface area contributed by atoms with Crippen molar-refractivity contribution in [3.63, 3.8) is 0 Å². The second-order valence-electron chi connectivity index (χ2n) is 6.14. The fourth-order valence-corrected chi connectivity index (χ4v) is 3.04. The van der Waals surface area contributed by atoms with Crippen LogP contribution in [0.15, 0.2) is 65.7 Å². The maximum absolute atomic E-state index is 5.43. The summed E-state index contributed by atoms with van der Waals surface area (Å²) in [6.45, 7) is 4.44. The molecule has 0 bridgehead atoms. The first-order valence-corrected chi connectivity index (χ1v) is 9.67. The Balaban J connectivity index is 2.47. The van der Waals surface area contributed by atoms with E-state index in [1.165, 1.54) is 5.71 Å². The zero-order valence-electron chi connectivity index (χ0n) is 15.2. The van der Waals surface area contributed by atoms with Gasteiger partial charge in [0.15, 0.2) is 0 Å². The van der Waals surface area contributed by atoms with Crippen LogP contribution in [0.1, 0.15) is 52.4 Å². The predicted molar refractivity (Wildman–Crippen MR) is 104 cm³/mol. The summed E-state index contributed by atoms with van der Waals surface area (Å²) < 4.78 is 1.95. The SMILES string of the molecule is CCCCC(=Nc1ccccc1)C(CCCC)=[N+]([Ni])c1ccccc1. The quantitative estimate of drug-likeness (QED) is 0.355. The Kier molecular flexibility index (Phi) is 8.62. The number of benzene rings is 2. The number of hydrogen-bond donors (Lipinski definition) is 0. The first-order chi connectivity index (χ1) is 12.3. The number of nitrogens with zero attached hydrogens (tertiary/aromatic N) is 2. The Morgan fingerprint density at radius 1 is 0.840 bits per heavy atom. The summed E-state index contributed by atoms with van der Waals surface area (Å²) >= 11 is 5.43. The van der Waals surface area contributed by atoms with Gasteiger partial charge < -0.3 is 0 Å². The normalized spacial score (nSPS) is 12.9. The van der Waals surface area contributed by atoms with E-state index in [0.29, 0.717) is 0 Å². The molecule has 0 saturated carbocycles. The molecule has 0 radical (unpaired) electrons. The van der Waals surface area contributed by atoms with Gasteiger partial charge in [0.05, 0.1) is 0 Å². The molecule has 2 nitrogen and oxygen atoms in total. The predicted octanol–water partition coefficient (Wildman–Crippen LogP) is 6.39. The monoisotopic (exact) mass is 378 g/mol. The Morgan fingerprint density at radius 3 is 2.00 bits per heavy atom. The minimum atomic E-state index is 0.969. The molecule has 0 aromatic heterocycles. The van der Waals surface area contributed by atoms with Crippen molar-refractivity contribution in [2.24, 2.45) is 4.99 Å². The van der Waals surface area contributed by atoms with Gasteiger partial charge in [-0.2, -0.15) is 0 Å². The molecule has 0 aliphatic heterocycles. The van der Waals surface area contributed by atoms with E-state index < -0.39 is 0 Å². The van der Waals surface area contributed by atoms with Crippen molar-refractivity contribution in [3.05, 3.63) is 60.7 Å². The molecular weight excluding hydrogens is 351 g/mol. The number of rotatable bonds is 9. The van der Waals surface area contributed by atoms with Crippen molar-refractivity contribution in [1.29, 1.82) is 0 Å². The third-order valence-corrected chi connectivity index (χ3v) is 4.60. The molecule has 0 aliphatic rings.